The lowest BCUT2D eigenvalue weighted by atomic mass is 10.1. The average molecular weight is 866 g/mol. The zero-order valence-electron chi connectivity index (χ0n) is 34.3. The molecular formula is C48H46Cl2N2O9. The quantitative estimate of drug-likeness (QED) is 0.0546. The molecule has 316 valence electrons. The van der Waals surface area contributed by atoms with Crippen LogP contribution in [0.1, 0.15) is 52.4 Å². The van der Waals surface area contributed by atoms with Gasteiger partial charge in [-0.15, -0.1) is 0 Å². The molecule has 0 radical (unpaired) electrons. The molecule has 2 heterocycles. The van der Waals surface area contributed by atoms with Crippen molar-refractivity contribution in [2.75, 3.05) is 40.3 Å². The van der Waals surface area contributed by atoms with Gasteiger partial charge in [-0.05, 0) is 104 Å². The molecule has 0 amide bonds. The van der Waals surface area contributed by atoms with Crippen LogP contribution in [0.3, 0.4) is 0 Å². The van der Waals surface area contributed by atoms with Crippen LogP contribution in [0.25, 0.3) is 10.8 Å². The summed E-state index contributed by atoms with van der Waals surface area (Å²) in [4.78, 5) is 9.78. The fraction of sp³-hybridized carbons (Fsp3) is 0.292. The van der Waals surface area contributed by atoms with Crippen molar-refractivity contribution in [3.63, 3.8) is 0 Å². The van der Waals surface area contributed by atoms with Gasteiger partial charge in [0.15, 0.2) is 34.5 Å². The molecule has 0 spiro atoms. The number of rotatable bonds is 20. The van der Waals surface area contributed by atoms with Crippen molar-refractivity contribution in [3.8, 4) is 63.2 Å². The third-order valence-electron chi connectivity index (χ3n) is 9.99. The Bertz CT molecular complexity index is 2620. The number of fused-ring (bicyclic) bond motifs is 6. The van der Waals surface area contributed by atoms with E-state index in [1.165, 1.54) is 0 Å². The number of unbranched alkanes of at least 4 members (excludes halogenated alkanes) is 3. The second-order valence-electron chi connectivity index (χ2n) is 14.3. The first-order valence-corrected chi connectivity index (χ1v) is 21.3. The zero-order valence-corrected chi connectivity index (χ0v) is 35.8. The monoisotopic (exact) mass is 864 g/mol. The molecule has 6 aromatic carbocycles. The molecule has 2 aliphatic rings. The van der Waals surface area contributed by atoms with Gasteiger partial charge in [0.05, 0.1) is 33.5 Å². The van der Waals surface area contributed by atoms with Crippen LogP contribution in [-0.2, 0) is 0 Å². The lowest BCUT2D eigenvalue weighted by Crippen LogP contribution is -2.22. The Balaban J connectivity index is 1.00. The van der Waals surface area contributed by atoms with E-state index in [1.807, 2.05) is 78.9 Å². The van der Waals surface area contributed by atoms with E-state index in [1.54, 1.807) is 19.2 Å². The van der Waals surface area contributed by atoms with Crippen molar-refractivity contribution >= 4 is 45.3 Å². The van der Waals surface area contributed by atoms with Crippen LogP contribution in [0.4, 0.5) is 11.4 Å². The SMILES string of the molecule is CCCCOc1ccc(OCCCCOc2cc3c(cc2OCOc2ccc(OCCCC)cc2)Oc2c(Cl)c4c(c(Cl)c2=N3)Oc2c(ccc3cc(OC)ccc23)N=4)cc1. The summed E-state index contributed by atoms with van der Waals surface area (Å²) in [6, 6.07) is 28.1. The summed E-state index contributed by atoms with van der Waals surface area (Å²) in [6.45, 7) is 6.44. The molecule has 0 saturated carbocycles. The highest BCUT2D eigenvalue weighted by Gasteiger charge is 2.29. The summed E-state index contributed by atoms with van der Waals surface area (Å²) in [5.41, 5.74) is 1.06. The second kappa shape index (κ2) is 19.6. The van der Waals surface area contributed by atoms with Gasteiger partial charge in [0.25, 0.3) is 0 Å². The van der Waals surface area contributed by atoms with Crippen LogP contribution in [0.15, 0.2) is 101 Å². The summed E-state index contributed by atoms with van der Waals surface area (Å²) in [6.07, 6.45) is 5.64. The predicted molar refractivity (Wildman–Crippen MR) is 235 cm³/mol. The molecule has 61 heavy (non-hydrogen) atoms. The first-order valence-electron chi connectivity index (χ1n) is 20.5. The lowest BCUT2D eigenvalue weighted by Gasteiger charge is -2.22. The van der Waals surface area contributed by atoms with E-state index in [4.69, 9.17) is 75.8 Å². The number of hydrogen-bond acceptors (Lipinski definition) is 11. The Hall–Kier alpha value is -6.04. The van der Waals surface area contributed by atoms with Crippen LogP contribution < -0.4 is 53.3 Å². The van der Waals surface area contributed by atoms with E-state index in [0.29, 0.717) is 83.7 Å². The van der Waals surface area contributed by atoms with Gasteiger partial charge in [0.1, 0.15) is 60.9 Å². The van der Waals surface area contributed by atoms with Gasteiger partial charge in [-0.2, -0.15) is 0 Å². The minimum Gasteiger partial charge on any atom is -0.497 e. The topological polar surface area (TPSA) is 108 Å². The Kier molecular flexibility index (Phi) is 13.4. The van der Waals surface area contributed by atoms with Crippen LogP contribution in [0.5, 0.6) is 63.2 Å². The Morgan fingerprint density at radius 3 is 1.62 bits per heavy atom. The van der Waals surface area contributed by atoms with E-state index in [2.05, 4.69) is 13.8 Å². The number of ether oxygens (including phenoxy) is 9. The van der Waals surface area contributed by atoms with E-state index in [-0.39, 0.29) is 28.3 Å². The molecule has 0 fully saturated rings. The third kappa shape index (κ3) is 9.64. The number of benzene rings is 6. The number of methoxy groups -OCH3 is 1. The fourth-order valence-corrected chi connectivity index (χ4v) is 7.16. The summed E-state index contributed by atoms with van der Waals surface area (Å²) in [5.74, 6) is 6.04. The number of halogens is 2. The number of hydrogen-bond donors (Lipinski definition) is 0. The minimum atomic E-state index is -0.105. The van der Waals surface area contributed by atoms with Crippen molar-refractivity contribution in [3.05, 3.63) is 112 Å². The molecule has 0 saturated heterocycles. The molecule has 0 aliphatic carbocycles. The Labute approximate surface area is 364 Å². The number of nitrogens with zero attached hydrogens (tertiary/aromatic N) is 2. The predicted octanol–water partition coefficient (Wildman–Crippen LogP) is 12.3. The fourth-order valence-electron chi connectivity index (χ4n) is 6.65. The van der Waals surface area contributed by atoms with Crippen LogP contribution in [0, 0.1) is 0 Å². The minimum absolute atomic E-state index is 0.105. The van der Waals surface area contributed by atoms with E-state index in [0.717, 1.165) is 65.9 Å². The van der Waals surface area contributed by atoms with E-state index in [9.17, 15) is 0 Å². The van der Waals surface area contributed by atoms with E-state index < -0.39 is 0 Å². The van der Waals surface area contributed by atoms with Gasteiger partial charge in [0.2, 0.25) is 6.79 Å². The molecule has 0 unspecified atom stereocenters. The van der Waals surface area contributed by atoms with Crippen molar-refractivity contribution < 1.29 is 42.6 Å². The summed E-state index contributed by atoms with van der Waals surface area (Å²) < 4.78 is 54.3. The van der Waals surface area contributed by atoms with Crippen molar-refractivity contribution in [2.24, 2.45) is 9.98 Å². The molecule has 11 nitrogen and oxygen atoms in total. The highest BCUT2D eigenvalue weighted by Crippen LogP contribution is 2.48. The van der Waals surface area contributed by atoms with Crippen LogP contribution >= 0.6 is 23.2 Å². The first-order chi connectivity index (χ1) is 29.9. The maximum atomic E-state index is 7.06. The molecule has 8 rings (SSSR count). The highest BCUT2D eigenvalue weighted by atomic mass is 35.5. The second-order valence-corrected chi connectivity index (χ2v) is 15.1. The average Bonchev–Trinajstić information content (AvgIpc) is 3.29. The van der Waals surface area contributed by atoms with Crippen LogP contribution in [0.2, 0.25) is 10.0 Å². The maximum Gasteiger partial charge on any atom is 0.231 e. The van der Waals surface area contributed by atoms with Crippen molar-refractivity contribution in [2.45, 2.75) is 52.4 Å². The Morgan fingerprint density at radius 2 is 1.02 bits per heavy atom. The molecule has 2 aliphatic heterocycles. The largest absolute Gasteiger partial charge is 0.497 e. The zero-order chi connectivity index (χ0) is 42.1. The summed E-state index contributed by atoms with van der Waals surface area (Å²) >= 11 is 14.1. The smallest absolute Gasteiger partial charge is 0.231 e. The molecule has 0 atom stereocenters. The molecule has 0 N–H and O–H groups in total. The van der Waals surface area contributed by atoms with Crippen molar-refractivity contribution in [1.29, 1.82) is 0 Å². The van der Waals surface area contributed by atoms with Crippen LogP contribution in [-0.4, -0.2) is 40.3 Å². The summed E-state index contributed by atoms with van der Waals surface area (Å²) in [5, 5.41) is 2.82. The van der Waals surface area contributed by atoms with Crippen molar-refractivity contribution in [1.82, 2.24) is 0 Å². The molecular weight excluding hydrogens is 819 g/mol. The van der Waals surface area contributed by atoms with E-state index >= 15 is 0 Å². The van der Waals surface area contributed by atoms with Gasteiger partial charge in [-0.3, -0.25) is 0 Å². The van der Waals surface area contributed by atoms with Gasteiger partial charge >= 0.3 is 0 Å². The normalized spacial score (nSPS) is 12.0. The van der Waals surface area contributed by atoms with Gasteiger partial charge < -0.3 is 42.6 Å². The Morgan fingerprint density at radius 1 is 0.492 bits per heavy atom. The van der Waals surface area contributed by atoms with Gasteiger partial charge in [-0.25, -0.2) is 9.98 Å². The van der Waals surface area contributed by atoms with Gasteiger partial charge in [0, 0.05) is 17.5 Å². The molecule has 13 heteroatoms. The maximum absolute atomic E-state index is 7.06. The lowest BCUT2D eigenvalue weighted by molar-refractivity contribution is 0.114. The first kappa shape index (κ1) is 41.7. The highest BCUT2D eigenvalue weighted by molar-refractivity contribution is 6.35. The summed E-state index contributed by atoms with van der Waals surface area (Å²) in [7, 11) is 1.63. The molecule has 6 aromatic rings. The third-order valence-corrected chi connectivity index (χ3v) is 10.7. The molecule has 0 bridgehead atoms. The molecule has 0 aromatic heterocycles. The van der Waals surface area contributed by atoms with Gasteiger partial charge in [-0.1, -0.05) is 56.0 Å². The standard InChI is InChI=1S/C48H46Cl2N2O9/c1-4-6-22-54-31-11-13-33(14-12-31)56-24-8-9-25-57-40-27-38-39(28-41(40)59-29-58-34-17-15-32(16-18-34)55-23-7-5-2)60-47-42(49)45-48(43(50)44(47)52-38)61-46-36-20-19-35(53-3)26-30(36)10-21-37(46)51-45/h10-21,26-28H,4-9,22-25,29H2,1-3H3.